The van der Waals surface area contributed by atoms with Crippen molar-refractivity contribution < 1.29 is 14.7 Å². The maximum absolute atomic E-state index is 11.9. The first-order chi connectivity index (χ1) is 7.66. The third kappa shape index (κ3) is 1.70. The SMILES string of the molecule is O=C(O)C1CC(=O)N(C(C2CC2)C2CC2)C1. The smallest absolute Gasteiger partial charge is 0.308 e. The maximum Gasteiger partial charge on any atom is 0.308 e. The summed E-state index contributed by atoms with van der Waals surface area (Å²) in [6.45, 7) is 0.450. The third-order valence-corrected chi connectivity index (χ3v) is 4.08. The van der Waals surface area contributed by atoms with Crippen LogP contribution < -0.4 is 0 Å². The van der Waals surface area contributed by atoms with Crippen LogP contribution >= 0.6 is 0 Å². The summed E-state index contributed by atoms with van der Waals surface area (Å²) in [5.41, 5.74) is 0. The van der Waals surface area contributed by atoms with E-state index >= 15 is 0 Å². The topological polar surface area (TPSA) is 57.6 Å². The molecule has 0 radical (unpaired) electrons. The minimum Gasteiger partial charge on any atom is -0.481 e. The van der Waals surface area contributed by atoms with Crippen LogP contribution in [0.25, 0.3) is 0 Å². The number of carbonyl (C=O) groups excluding carboxylic acids is 1. The second kappa shape index (κ2) is 3.47. The van der Waals surface area contributed by atoms with E-state index in [0.717, 1.165) is 0 Å². The van der Waals surface area contributed by atoms with Crippen LogP contribution in [0.5, 0.6) is 0 Å². The minimum absolute atomic E-state index is 0.0659. The molecular weight excluding hydrogens is 206 g/mol. The van der Waals surface area contributed by atoms with E-state index in [1.165, 1.54) is 25.7 Å². The number of aliphatic carboxylic acids is 1. The zero-order valence-electron chi connectivity index (χ0n) is 9.26. The van der Waals surface area contributed by atoms with Crippen LogP contribution in [0.1, 0.15) is 32.1 Å². The van der Waals surface area contributed by atoms with Gasteiger partial charge in [-0.3, -0.25) is 9.59 Å². The van der Waals surface area contributed by atoms with Gasteiger partial charge in [-0.1, -0.05) is 0 Å². The van der Waals surface area contributed by atoms with Crippen molar-refractivity contribution in [1.29, 1.82) is 0 Å². The fraction of sp³-hybridized carbons (Fsp3) is 0.833. The number of hydrogen-bond acceptors (Lipinski definition) is 2. The summed E-state index contributed by atoms with van der Waals surface area (Å²) in [7, 11) is 0. The van der Waals surface area contributed by atoms with Gasteiger partial charge in [-0.05, 0) is 37.5 Å². The van der Waals surface area contributed by atoms with Crippen LogP contribution in [0.4, 0.5) is 0 Å². The largest absolute Gasteiger partial charge is 0.481 e. The van der Waals surface area contributed by atoms with Crippen molar-refractivity contribution in [3.63, 3.8) is 0 Å². The first kappa shape index (κ1) is 10.1. The van der Waals surface area contributed by atoms with Crippen molar-refractivity contribution in [3.8, 4) is 0 Å². The summed E-state index contributed by atoms with van der Waals surface area (Å²) >= 11 is 0. The highest BCUT2D eigenvalue weighted by Crippen LogP contribution is 2.48. The average Bonchev–Trinajstić information content (AvgIpc) is 3.09. The summed E-state index contributed by atoms with van der Waals surface area (Å²) in [5.74, 6) is 0.123. The summed E-state index contributed by atoms with van der Waals surface area (Å²) in [5, 5.41) is 8.96. The lowest BCUT2D eigenvalue weighted by Gasteiger charge is -2.28. The van der Waals surface area contributed by atoms with Gasteiger partial charge in [-0.15, -0.1) is 0 Å². The molecule has 88 valence electrons. The zero-order valence-corrected chi connectivity index (χ0v) is 9.26. The quantitative estimate of drug-likeness (QED) is 0.776. The van der Waals surface area contributed by atoms with E-state index in [1.807, 2.05) is 4.90 Å². The monoisotopic (exact) mass is 223 g/mol. The van der Waals surface area contributed by atoms with Crippen LogP contribution in [0.3, 0.4) is 0 Å². The number of nitrogens with zero attached hydrogens (tertiary/aromatic N) is 1. The van der Waals surface area contributed by atoms with Crippen molar-refractivity contribution in [2.24, 2.45) is 17.8 Å². The van der Waals surface area contributed by atoms with Crippen LogP contribution in [0.2, 0.25) is 0 Å². The van der Waals surface area contributed by atoms with E-state index < -0.39 is 11.9 Å². The van der Waals surface area contributed by atoms with Gasteiger partial charge in [0.05, 0.1) is 5.92 Å². The molecule has 3 aliphatic rings. The molecule has 4 nitrogen and oxygen atoms in total. The van der Waals surface area contributed by atoms with Gasteiger partial charge in [0.1, 0.15) is 0 Å². The lowest BCUT2D eigenvalue weighted by atomic mass is 10.1. The number of carboxylic acids is 1. The van der Waals surface area contributed by atoms with Crippen molar-refractivity contribution in [3.05, 3.63) is 0 Å². The summed E-state index contributed by atoms with van der Waals surface area (Å²) in [6.07, 6.45) is 5.11. The Balaban J connectivity index is 1.73. The highest BCUT2D eigenvalue weighted by molar-refractivity contribution is 5.86. The molecule has 4 heteroatoms. The molecule has 1 aliphatic heterocycles. The molecule has 3 rings (SSSR count). The predicted octanol–water partition coefficient (Wildman–Crippen LogP) is 1.11. The lowest BCUT2D eigenvalue weighted by molar-refractivity contribution is -0.141. The molecule has 16 heavy (non-hydrogen) atoms. The minimum atomic E-state index is -0.818. The molecule has 1 amide bonds. The van der Waals surface area contributed by atoms with E-state index in [2.05, 4.69) is 0 Å². The molecule has 1 heterocycles. The fourth-order valence-corrected chi connectivity index (χ4v) is 2.95. The Kier molecular flexibility index (Phi) is 2.19. The molecule has 2 aliphatic carbocycles. The summed E-state index contributed by atoms with van der Waals surface area (Å²) in [4.78, 5) is 24.6. The van der Waals surface area contributed by atoms with E-state index in [9.17, 15) is 9.59 Å². The fourth-order valence-electron chi connectivity index (χ4n) is 2.95. The van der Waals surface area contributed by atoms with Gasteiger partial charge in [-0.2, -0.15) is 0 Å². The van der Waals surface area contributed by atoms with Gasteiger partial charge in [0.15, 0.2) is 0 Å². The molecule has 1 atom stereocenters. The Morgan fingerprint density at radius 1 is 1.25 bits per heavy atom. The summed E-state index contributed by atoms with van der Waals surface area (Å²) < 4.78 is 0. The molecule has 1 unspecified atom stereocenters. The average molecular weight is 223 g/mol. The number of carbonyl (C=O) groups is 2. The van der Waals surface area contributed by atoms with Gasteiger partial charge in [0.2, 0.25) is 5.91 Å². The molecule has 1 saturated heterocycles. The molecule has 0 spiro atoms. The number of carboxylic acid groups (broad SMARTS) is 1. The van der Waals surface area contributed by atoms with E-state index in [1.54, 1.807) is 0 Å². The van der Waals surface area contributed by atoms with Crippen LogP contribution in [-0.2, 0) is 9.59 Å². The molecule has 1 N–H and O–H groups in total. The van der Waals surface area contributed by atoms with Gasteiger partial charge in [-0.25, -0.2) is 0 Å². The van der Waals surface area contributed by atoms with Crippen molar-refractivity contribution in [2.75, 3.05) is 6.54 Å². The molecule has 2 saturated carbocycles. The lowest BCUT2D eigenvalue weighted by Crippen LogP contribution is -2.40. The molecule has 0 bridgehead atoms. The molecular formula is C12H17NO3. The molecule has 0 aromatic heterocycles. The van der Waals surface area contributed by atoms with Crippen molar-refractivity contribution in [1.82, 2.24) is 4.90 Å². The highest BCUT2D eigenvalue weighted by atomic mass is 16.4. The molecule has 3 fully saturated rings. The van der Waals surface area contributed by atoms with Crippen molar-refractivity contribution in [2.45, 2.75) is 38.1 Å². The Hall–Kier alpha value is -1.06. The second-order valence-corrected chi connectivity index (χ2v) is 5.45. The van der Waals surface area contributed by atoms with E-state index in [-0.39, 0.29) is 12.3 Å². The van der Waals surface area contributed by atoms with Gasteiger partial charge in [0.25, 0.3) is 0 Å². The van der Waals surface area contributed by atoms with E-state index in [0.29, 0.717) is 24.4 Å². The number of likely N-dealkylation sites (tertiary alicyclic amines) is 1. The summed E-state index contributed by atoms with van der Waals surface area (Å²) in [6, 6.07) is 0.372. The van der Waals surface area contributed by atoms with Gasteiger partial charge >= 0.3 is 5.97 Å². The van der Waals surface area contributed by atoms with Crippen LogP contribution in [0, 0.1) is 17.8 Å². The van der Waals surface area contributed by atoms with Crippen LogP contribution in [0.15, 0.2) is 0 Å². The predicted molar refractivity (Wildman–Crippen MR) is 56.7 cm³/mol. The zero-order chi connectivity index (χ0) is 11.3. The maximum atomic E-state index is 11.9. The molecule has 0 aromatic rings. The molecule has 0 aromatic carbocycles. The number of rotatable bonds is 4. The number of amides is 1. The van der Waals surface area contributed by atoms with Crippen LogP contribution in [-0.4, -0.2) is 34.5 Å². The van der Waals surface area contributed by atoms with Gasteiger partial charge in [0, 0.05) is 19.0 Å². The Bertz CT molecular complexity index is 321. The second-order valence-electron chi connectivity index (χ2n) is 5.45. The third-order valence-electron chi connectivity index (χ3n) is 4.08. The Labute approximate surface area is 94.6 Å². The first-order valence-electron chi connectivity index (χ1n) is 6.19. The Morgan fingerprint density at radius 2 is 1.81 bits per heavy atom. The van der Waals surface area contributed by atoms with Gasteiger partial charge < -0.3 is 10.0 Å². The number of hydrogen-bond donors (Lipinski definition) is 1. The normalized spacial score (nSPS) is 30.2. The van der Waals surface area contributed by atoms with E-state index in [4.69, 9.17) is 5.11 Å². The first-order valence-corrected chi connectivity index (χ1v) is 6.19. The van der Waals surface area contributed by atoms with Crippen molar-refractivity contribution >= 4 is 11.9 Å². The standard InChI is InChI=1S/C12H17NO3/c14-10-5-9(12(15)16)6-13(10)11(7-1-2-7)8-3-4-8/h7-9,11H,1-6H2,(H,15,16). The highest BCUT2D eigenvalue weighted by Gasteiger charge is 2.49. The Morgan fingerprint density at radius 3 is 2.19 bits per heavy atom.